The summed E-state index contributed by atoms with van der Waals surface area (Å²) in [4.78, 5) is 7.95. The largest absolute Gasteiger partial charge is 0.259 e. The van der Waals surface area contributed by atoms with Crippen molar-refractivity contribution in [2.45, 2.75) is 13.8 Å². The first-order valence-corrected chi connectivity index (χ1v) is 3.57. The van der Waals surface area contributed by atoms with Gasteiger partial charge in [0.25, 0.3) is 0 Å². The number of rotatable bonds is 0. The van der Waals surface area contributed by atoms with Gasteiger partial charge >= 0.3 is 0 Å². The summed E-state index contributed by atoms with van der Waals surface area (Å²) < 4.78 is 0. The number of hydrogen-bond donors (Lipinski definition) is 1. The maximum Gasteiger partial charge on any atom is 0.174 e. The highest BCUT2D eigenvalue weighted by Gasteiger charge is 1.91. The molecule has 2 heterocycles. The number of fused-ring (bicyclic) bond motifs is 1. The molecule has 2 aromatic rings. The van der Waals surface area contributed by atoms with Gasteiger partial charge in [-0.05, 0) is 0 Å². The molecule has 0 unspecified atom stereocenters. The lowest BCUT2D eigenvalue weighted by Crippen LogP contribution is -1.76. The summed E-state index contributed by atoms with van der Waals surface area (Å²) in [6.45, 7) is 4.00. The molecule has 11 heavy (non-hydrogen) atoms. The second kappa shape index (κ2) is 3.65. The normalized spacial score (nSPS) is 8.91. The van der Waals surface area contributed by atoms with Gasteiger partial charge in [0.2, 0.25) is 0 Å². The third-order valence-corrected chi connectivity index (χ3v) is 1.08. The summed E-state index contributed by atoms with van der Waals surface area (Å²) in [5.41, 5.74) is 1.54. The molecule has 0 aliphatic carbocycles. The quantitative estimate of drug-likeness (QED) is 0.624. The SMILES string of the molecule is CC.[HH].c1cnc2[nH]ncc2n1. The molecule has 0 spiro atoms. The molecule has 0 saturated carbocycles. The molecule has 0 bridgehead atoms. The van der Waals surface area contributed by atoms with Crippen LogP contribution in [-0.2, 0) is 0 Å². The number of aromatic nitrogens is 4. The summed E-state index contributed by atoms with van der Waals surface area (Å²) in [5, 5.41) is 6.45. The lowest BCUT2D eigenvalue weighted by Gasteiger charge is -1.80. The highest BCUT2D eigenvalue weighted by atomic mass is 15.1. The predicted molar refractivity (Wildman–Crippen MR) is 45.1 cm³/mol. The van der Waals surface area contributed by atoms with Gasteiger partial charge < -0.3 is 0 Å². The predicted octanol–water partition coefficient (Wildman–Crippen LogP) is 1.63. The van der Waals surface area contributed by atoms with Crippen LogP contribution in [0.5, 0.6) is 0 Å². The molecule has 0 aliphatic heterocycles. The van der Waals surface area contributed by atoms with E-state index in [-0.39, 0.29) is 1.43 Å². The average molecular weight is 152 g/mol. The highest BCUT2D eigenvalue weighted by molar-refractivity contribution is 5.67. The van der Waals surface area contributed by atoms with Crippen LogP contribution in [0.25, 0.3) is 11.2 Å². The molecule has 0 amide bonds. The van der Waals surface area contributed by atoms with Crippen LogP contribution in [0.1, 0.15) is 15.3 Å². The minimum Gasteiger partial charge on any atom is -0.259 e. The van der Waals surface area contributed by atoms with Crippen molar-refractivity contribution in [3.63, 3.8) is 0 Å². The average Bonchev–Trinajstić information content (AvgIpc) is 2.55. The molecule has 0 aromatic carbocycles. The van der Waals surface area contributed by atoms with Crippen molar-refractivity contribution >= 4 is 11.2 Å². The van der Waals surface area contributed by atoms with Crippen LogP contribution in [-0.4, -0.2) is 20.2 Å². The maximum absolute atomic E-state index is 3.98. The minimum absolute atomic E-state index is 0. The Labute approximate surface area is 66.2 Å². The molecule has 0 aliphatic rings. The van der Waals surface area contributed by atoms with Gasteiger partial charge in [0.1, 0.15) is 5.52 Å². The van der Waals surface area contributed by atoms with Gasteiger partial charge in [-0.2, -0.15) is 5.10 Å². The van der Waals surface area contributed by atoms with E-state index < -0.39 is 0 Å². The zero-order valence-electron chi connectivity index (χ0n) is 6.57. The van der Waals surface area contributed by atoms with Gasteiger partial charge in [0.15, 0.2) is 5.65 Å². The fourth-order valence-corrected chi connectivity index (χ4v) is 0.684. The van der Waals surface area contributed by atoms with Gasteiger partial charge in [-0.15, -0.1) is 0 Å². The summed E-state index contributed by atoms with van der Waals surface area (Å²) in [7, 11) is 0. The lowest BCUT2D eigenvalue weighted by molar-refractivity contribution is 1.10. The van der Waals surface area contributed by atoms with Crippen molar-refractivity contribution in [1.82, 2.24) is 20.2 Å². The van der Waals surface area contributed by atoms with Crippen molar-refractivity contribution in [2.24, 2.45) is 0 Å². The van der Waals surface area contributed by atoms with Gasteiger partial charge in [-0.1, -0.05) is 13.8 Å². The van der Waals surface area contributed by atoms with Gasteiger partial charge in [0, 0.05) is 13.8 Å². The molecule has 4 heteroatoms. The van der Waals surface area contributed by atoms with Crippen LogP contribution in [0, 0.1) is 0 Å². The van der Waals surface area contributed by atoms with E-state index in [1.807, 2.05) is 13.8 Å². The minimum atomic E-state index is 0. The molecule has 0 radical (unpaired) electrons. The van der Waals surface area contributed by atoms with Gasteiger partial charge in [0.05, 0.1) is 6.20 Å². The van der Waals surface area contributed by atoms with Crippen LogP contribution in [0.15, 0.2) is 18.6 Å². The second-order valence-corrected chi connectivity index (χ2v) is 1.66. The molecule has 2 aromatic heterocycles. The van der Waals surface area contributed by atoms with Crippen LogP contribution in [0.3, 0.4) is 0 Å². The zero-order chi connectivity index (χ0) is 8.10. The molecule has 60 valence electrons. The smallest absolute Gasteiger partial charge is 0.174 e. The van der Waals surface area contributed by atoms with Crippen LogP contribution in [0.2, 0.25) is 0 Å². The first kappa shape index (κ1) is 7.65. The Balaban J connectivity index is 0.000000378. The van der Waals surface area contributed by atoms with E-state index in [1.165, 1.54) is 0 Å². The molecule has 0 atom stereocenters. The first-order valence-electron chi connectivity index (χ1n) is 3.57. The van der Waals surface area contributed by atoms with Gasteiger partial charge in [-0.3, -0.25) is 5.10 Å². The molecule has 0 fully saturated rings. The highest BCUT2D eigenvalue weighted by Crippen LogP contribution is 1.98. The standard InChI is InChI=1S/C5H4N4.C2H6.H2/c1-2-7-5-4(6-1)3-8-9-5;1-2;/h1-3H,(H,7,8,9);1-2H3;1H. The van der Waals surface area contributed by atoms with Gasteiger partial charge in [-0.25, -0.2) is 9.97 Å². The van der Waals surface area contributed by atoms with E-state index in [1.54, 1.807) is 18.6 Å². The topological polar surface area (TPSA) is 54.5 Å². The zero-order valence-corrected chi connectivity index (χ0v) is 6.57. The summed E-state index contributed by atoms with van der Waals surface area (Å²) in [6, 6.07) is 0. The van der Waals surface area contributed by atoms with Crippen molar-refractivity contribution in [3.05, 3.63) is 18.6 Å². The maximum atomic E-state index is 3.98. The van der Waals surface area contributed by atoms with Crippen molar-refractivity contribution in [3.8, 4) is 0 Å². The van der Waals surface area contributed by atoms with E-state index in [2.05, 4.69) is 20.2 Å². The van der Waals surface area contributed by atoms with E-state index in [0.29, 0.717) is 0 Å². The molecular weight excluding hydrogens is 140 g/mol. The summed E-state index contributed by atoms with van der Waals surface area (Å²) in [5.74, 6) is 0. The first-order chi connectivity index (χ1) is 5.47. The Morgan fingerprint density at radius 3 is 2.73 bits per heavy atom. The van der Waals surface area contributed by atoms with Crippen molar-refractivity contribution < 1.29 is 1.43 Å². The summed E-state index contributed by atoms with van der Waals surface area (Å²) >= 11 is 0. The Bertz CT molecular complexity index is 289. The molecule has 4 nitrogen and oxygen atoms in total. The third kappa shape index (κ3) is 1.52. The second-order valence-electron chi connectivity index (χ2n) is 1.66. The van der Waals surface area contributed by atoms with E-state index in [4.69, 9.17) is 0 Å². The number of nitrogens with one attached hydrogen (secondary N) is 1. The molecule has 0 saturated heterocycles. The Hall–Kier alpha value is -1.45. The van der Waals surface area contributed by atoms with Crippen LogP contribution in [0.4, 0.5) is 0 Å². The van der Waals surface area contributed by atoms with Crippen molar-refractivity contribution in [1.29, 1.82) is 0 Å². The van der Waals surface area contributed by atoms with E-state index in [0.717, 1.165) is 11.2 Å². The fraction of sp³-hybridized carbons (Fsp3) is 0.286. The Kier molecular flexibility index (Phi) is 2.54. The number of H-pyrrole nitrogens is 1. The third-order valence-electron chi connectivity index (χ3n) is 1.08. The van der Waals surface area contributed by atoms with Crippen molar-refractivity contribution in [2.75, 3.05) is 0 Å². The Morgan fingerprint density at radius 1 is 1.27 bits per heavy atom. The van der Waals surface area contributed by atoms with Crippen LogP contribution < -0.4 is 0 Å². The number of nitrogens with zero attached hydrogens (tertiary/aromatic N) is 3. The van der Waals surface area contributed by atoms with E-state index in [9.17, 15) is 0 Å². The fourth-order valence-electron chi connectivity index (χ4n) is 0.684. The molecule has 2 rings (SSSR count). The Morgan fingerprint density at radius 2 is 2.00 bits per heavy atom. The summed E-state index contributed by atoms with van der Waals surface area (Å²) in [6.07, 6.45) is 4.90. The van der Waals surface area contributed by atoms with E-state index >= 15 is 0 Å². The molecule has 1 N–H and O–H groups in total. The monoisotopic (exact) mass is 152 g/mol. The van der Waals surface area contributed by atoms with Crippen LogP contribution >= 0.6 is 0 Å². The number of aromatic amines is 1. The lowest BCUT2D eigenvalue weighted by atomic mass is 10.6. The number of hydrogen-bond acceptors (Lipinski definition) is 3. The molecular formula is C7H12N4.